The first kappa shape index (κ1) is 14.8. The van der Waals surface area contributed by atoms with E-state index in [1.54, 1.807) is 17.5 Å². The number of rotatable bonds is 5. The highest BCUT2D eigenvalue weighted by Gasteiger charge is 2.14. The number of aromatic nitrogens is 2. The number of carbonyl (C=O) groups excluding carboxylic acids is 1. The molecular weight excluding hydrogens is 296 g/mol. The van der Waals surface area contributed by atoms with Crippen molar-refractivity contribution < 1.29 is 4.79 Å². The molecule has 0 saturated carbocycles. The van der Waals surface area contributed by atoms with Crippen LogP contribution < -0.4 is 10.6 Å². The summed E-state index contributed by atoms with van der Waals surface area (Å²) in [5.41, 5.74) is 1.11. The summed E-state index contributed by atoms with van der Waals surface area (Å²) in [4.78, 5) is 12.0. The summed E-state index contributed by atoms with van der Waals surface area (Å²) < 4.78 is 1.88. The maximum atomic E-state index is 12.0. The Labute approximate surface area is 134 Å². The van der Waals surface area contributed by atoms with E-state index in [1.165, 1.54) is 6.42 Å². The average Bonchev–Trinajstić information content (AvgIpc) is 3.19. The maximum absolute atomic E-state index is 12.0. The highest BCUT2D eigenvalue weighted by molar-refractivity contribution is 7.07. The number of nitrogens with zero attached hydrogens (tertiary/aromatic N) is 2. The number of anilines is 1. The second-order valence-electron chi connectivity index (χ2n) is 5.49. The molecule has 2 amide bonds. The van der Waals surface area contributed by atoms with Gasteiger partial charge in [-0.25, -0.2) is 9.48 Å². The van der Waals surface area contributed by atoms with Gasteiger partial charge in [-0.3, -0.25) is 5.32 Å². The predicted octanol–water partition coefficient (Wildman–Crippen LogP) is 3.62. The molecule has 1 aliphatic carbocycles. The van der Waals surface area contributed by atoms with Gasteiger partial charge in [-0.1, -0.05) is 12.2 Å². The van der Waals surface area contributed by atoms with Crippen LogP contribution in [0.5, 0.6) is 0 Å². The van der Waals surface area contributed by atoms with Gasteiger partial charge in [0, 0.05) is 19.2 Å². The van der Waals surface area contributed by atoms with E-state index in [-0.39, 0.29) is 6.03 Å². The Morgan fingerprint density at radius 2 is 2.36 bits per heavy atom. The Balaban J connectivity index is 1.52. The molecule has 116 valence electrons. The van der Waals surface area contributed by atoms with E-state index >= 15 is 0 Å². The lowest BCUT2D eigenvalue weighted by atomic mass is 9.94. The first-order valence-corrected chi connectivity index (χ1v) is 8.48. The van der Waals surface area contributed by atoms with Crippen LogP contribution in [-0.2, 0) is 13.1 Å². The summed E-state index contributed by atoms with van der Waals surface area (Å²) in [6.45, 7) is 1.38. The van der Waals surface area contributed by atoms with E-state index in [0.717, 1.165) is 30.8 Å². The molecule has 0 bridgehead atoms. The first-order chi connectivity index (χ1) is 10.8. The molecule has 6 heteroatoms. The predicted molar refractivity (Wildman–Crippen MR) is 88.9 cm³/mol. The van der Waals surface area contributed by atoms with E-state index in [9.17, 15) is 4.79 Å². The van der Waals surface area contributed by atoms with Crippen molar-refractivity contribution in [3.63, 3.8) is 0 Å². The minimum Gasteiger partial charge on any atom is -0.334 e. The Kier molecular flexibility index (Phi) is 4.90. The number of allylic oxidation sites excluding steroid dienone is 2. The second-order valence-corrected chi connectivity index (χ2v) is 6.27. The Morgan fingerprint density at radius 3 is 3.14 bits per heavy atom. The fourth-order valence-corrected chi connectivity index (χ4v) is 3.26. The Morgan fingerprint density at radius 1 is 1.41 bits per heavy atom. The van der Waals surface area contributed by atoms with Gasteiger partial charge in [0.2, 0.25) is 0 Å². The van der Waals surface area contributed by atoms with Crippen LogP contribution in [0.3, 0.4) is 0 Å². The van der Waals surface area contributed by atoms with Crippen molar-refractivity contribution in [2.24, 2.45) is 5.92 Å². The van der Waals surface area contributed by atoms with Gasteiger partial charge >= 0.3 is 6.03 Å². The molecule has 0 fully saturated rings. The maximum Gasteiger partial charge on any atom is 0.320 e. The molecule has 22 heavy (non-hydrogen) atoms. The zero-order valence-electron chi connectivity index (χ0n) is 12.4. The molecule has 2 N–H and O–H groups in total. The van der Waals surface area contributed by atoms with Gasteiger partial charge < -0.3 is 5.32 Å². The topological polar surface area (TPSA) is 59.0 Å². The molecular formula is C16H20N4OS. The SMILES string of the molecule is O=C(NCc1ccsc1)Nc1ccnn1C[C@H]1CC=CCC1. The number of hydrogen-bond donors (Lipinski definition) is 2. The molecule has 1 atom stereocenters. The van der Waals surface area contributed by atoms with Crippen molar-refractivity contribution in [1.82, 2.24) is 15.1 Å². The zero-order valence-corrected chi connectivity index (χ0v) is 13.2. The van der Waals surface area contributed by atoms with Gasteiger partial charge in [0.25, 0.3) is 0 Å². The van der Waals surface area contributed by atoms with E-state index in [2.05, 4.69) is 27.9 Å². The highest BCUT2D eigenvalue weighted by atomic mass is 32.1. The van der Waals surface area contributed by atoms with Crippen LogP contribution >= 0.6 is 11.3 Å². The Bertz CT molecular complexity index is 632. The van der Waals surface area contributed by atoms with Crippen molar-refractivity contribution in [2.75, 3.05) is 5.32 Å². The van der Waals surface area contributed by atoms with Crippen LogP contribution in [0, 0.1) is 5.92 Å². The van der Waals surface area contributed by atoms with Crippen LogP contribution in [0.2, 0.25) is 0 Å². The van der Waals surface area contributed by atoms with E-state index in [4.69, 9.17) is 0 Å². The molecule has 2 heterocycles. The lowest BCUT2D eigenvalue weighted by Gasteiger charge is -2.19. The molecule has 1 aliphatic rings. The monoisotopic (exact) mass is 316 g/mol. The minimum absolute atomic E-state index is 0.198. The van der Waals surface area contributed by atoms with Crippen molar-refractivity contribution in [1.29, 1.82) is 0 Å². The summed E-state index contributed by atoms with van der Waals surface area (Å²) >= 11 is 1.63. The summed E-state index contributed by atoms with van der Waals surface area (Å²) in [6, 6.07) is 3.64. The fourth-order valence-electron chi connectivity index (χ4n) is 2.59. The van der Waals surface area contributed by atoms with Gasteiger partial charge in [0.05, 0.1) is 6.20 Å². The number of nitrogens with one attached hydrogen (secondary N) is 2. The molecule has 3 rings (SSSR count). The third-order valence-electron chi connectivity index (χ3n) is 3.80. The van der Waals surface area contributed by atoms with Crippen molar-refractivity contribution in [3.05, 3.63) is 46.8 Å². The largest absolute Gasteiger partial charge is 0.334 e. The van der Waals surface area contributed by atoms with Gasteiger partial charge in [-0.2, -0.15) is 16.4 Å². The molecule has 0 aromatic carbocycles. The lowest BCUT2D eigenvalue weighted by molar-refractivity contribution is 0.251. The summed E-state index contributed by atoms with van der Waals surface area (Å²) in [5, 5.41) is 14.1. The molecule has 0 unspecified atom stereocenters. The molecule has 0 saturated heterocycles. The quantitative estimate of drug-likeness (QED) is 0.828. The number of hydrogen-bond acceptors (Lipinski definition) is 3. The van der Waals surface area contributed by atoms with Crippen LogP contribution in [-0.4, -0.2) is 15.8 Å². The molecule has 5 nitrogen and oxygen atoms in total. The summed E-state index contributed by atoms with van der Waals surface area (Å²) in [5.74, 6) is 1.34. The van der Waals surface area contributed by atoms with Gasteiger partial charge in [-0.05, 0) is 47.6 Å². The highest BCUT2D eigenvalue weighted by Crippen LogP contribution is 2.21. The van der Waals surface area contributed by atoms with Crippen LogP contribution in [0.1, 0.15) is 24.8 Å². The van der Waals surface area contributed by atoms with Crippen LogP contribution in [0.4, 0.5) is 10.6 Å². The molecule has 0 aliphatic heterocycles. The zero-order chi connectivity index (χ0) is 15.2. The standard InChI is InChI=1S/C16H20N4OS/c21-16(17-10-14-7-9-22-12-14)19-15-6-8-18-20(15)11-13-4-2-1-3-5-13/h1-2,6-9,12-13H,3-5,10-11H2,(H2,17,19,21)/t13-/m0/s1. The normalized spacial score (nSPS) is 17.4. The van der Waals surface area contributed by atoms with Gasteiger partial charge in [0.1, 0.15) is 5.82 Å². The third kappa shape index (κ3) is 3.98. The minimum atomic E-state index is -0.198. The number of thiophene rings is 1. The smallest absolute Gasteiger partial charge is 0.320 e. The Hall–Kier alpha value is -2.08. The lowest BCUT2D eigenvalue weighted by Crippen LogP contribution is -2.29. The number of carbonyl (C=O) groups is 1. The third-order valence-corrected chi connectivity index (χ3v) is 4.53. The number of urea groups is 1. The van der Waals surface area contributed by atoms with Gasteiger partial charge in [0.15, 0.2) is 0 Å². The first-order valence-electron chi connectivity index (χ1n) is 7.54. The molecule has 2 aromatic rings. The van der Waals surface area contributed by atoms with Crippen molar-refractivity contribution in [2.45, 2.75) is 32.4 Å². The van der Waals surface area contributed by atoms with Crippen LogP contribution in [0.25, 0.3) is 0 Å². The van der Waals surface area contributed by atoms with Crippen LogP contribution in [0.15, 0.2) is 41.2 Å². The number of amides is 2. The second kappa shape index (κ2) is 7.26. The van der Waals surface area contributed by atoms with E-state index in [1.807, 2.05) is 27.6 Å². The summed E-state index contributed by atoms with van der Waals surface area (Å²) in [6.07, 6.45) is 9.60. The van der Waals surface area contributed by atoms with Gasteiger partial charge in [-0.15, -0.1) is 0 Å². The van der Waals surface area contributed by atoms with E-state index < -0.39 is 0 Å². The van der Waals surface area contributed by atoms with Crippen molar-refractivity contribution >= 4 is 23.2 Å². The molecule has 2 aromatic heterocycles. The van der Waals surface area contributed by atoms with E-state index in [0.29, 0.717) is 12.5 Å². The molecule has 0 radical (unpaired) electrons. The van der Waals surface area contributed by atoms with Crippen molar-refractivity contribution in [3.8, 4) is 0 Å². The molecule has 0 spiro atoms. The fraction of sp³-hybridized carbons (Fsp3) is 0.375. The average molecular weight is 316 g/mol. The summed E-state index contributed by atoms with van der Waals surface area (Å²) in [7, 11) is 0.